The number of aromatic hydroxyl groups is 2. The SMILES string of the molecule is CCCCCCCCCCCCCc1cccc(O)c1O. The molecule has 0 amide bonds. The molecule has 2 N–H and O–H groups in total. The number of hydrogen-bond acceptors (Lipinski definition) is 2. The molecule has 0 atom stereocenters. The number of rotatable bonds is 12. The third kappa shape index (κ3) is 7.99. The number of para-hydroxylation sites is 1. The van der Waals surface area contributed by atoms with E-state index in [4.69, 9.17) is 0 Å². The molecule has 0 unspecified atom stereocenters. The molecule has 0 bridgehead atoms. The maximum atomic E-state index is 9.71. The number of aryl methyl sites for hydroxylation is 1. The Morgan fingerprint density at radius 1 is 0.714 bits per heavy atom. The fourth-order valence-electron chi connectivity index (χ4n) is 2.76. The minimum atomic E-state index is -0.00410. The Kier molecular flexibility index (Phi) is 9.77. The Bertz CT molecular complexity index is 374. The molecule has 0 aromatic heterocycles. The summed E-state index contributed by atoms with van der Waals surface area (Å²) in [4.78, 5) is 0. The first-order valence-corrected chi connectivity index (χ1v) is 8.75. The molecule has 1 aromatic rings. The van der Waals surface area contributed by atoms with E-state index in [1.54, 1.807) is 6.07 Å². The highest BCUT2D eigenvalue weighted by molar-refractivity contribution is 5.44. The summed E-state index contributed by atoms with van der Waals surface area (Å²) in [5.41, 5.74) is 0.867. The normalized spacial score (nSPS) is 10.9. The van der Waals surface area contributed by atoms with E-state index in [2.05, 4.69) is 6.92 Å². The van der Waals surface area contributed by atoms with Crippen LogP contribution < -0.4 is 0 Å². The minimum Gasteiger partial charge on any atom is -0.504 e. The van der Waals surface area contributed by atoms with Crippen molar-refractivity contribution in [3.63, 3.8) is 0 Å². The second-order valence-corrected chi connectivity index (χ2v) is 6.07. The van der Waals surface area contributed by atoms with Crippen molar-refractivity contribution in [2.24, 2.45) is 0 Å². The lowest BCUT2D eigenvalue weighted by atomic mass is 10.0. The van der Waals surface area contributed by atoms with Crippen LogP contribution in [0.1, 0.15) is 83.1 Å². The number of phenols is 2. The first-order valence-electron chi connectivity index (χ1n) is 8.75. The lowest BCUT2D eigenvalue weighted by Crippen LogP contribution is -1.88. The van der Waals surface area contributed by atoms with Gasteiger partial charge in [-0.25, -0.2) is 0 Å². The molecule has 120 valence electrons. The molecule has 0 fully saturated rings. The van der Waals surface area contributed by atoms with E-state index in [-0.39, 0.29) is 11.5 Å². The average Bonchev–Trinajstić information content (AvgIpc) is 2.49. The van der Waals surface area contributed by atoms with Crippen LogP contribution in [0, 0.1) is 0 Å². The van der Waals surface area contributed by atoms with Crippen LogP contribution in [0.3, 0.4) is 0 Å². The Balaban J connectivity index is 1.94. The summed E-state index contributed by atoms with van der Waals surface area (Å²) in [6, 6.07) is 5.22. The number of benzene rings is 1. The van der Waals surface area contributed by atoms with Gasteiger partial charge in [-0.05, 0) is 24.5 Å². The molecule has 2 heteroatoms. The summed E-state index contributed by atoms with van der Waals surface area (Å²) < 4.78 is 0. The molecule has 0 aliphatic rings. The Morgan fingerprint density at radius 3 is 1.81 bits per heavy atom. The van der Waals surface area contributed by atoms with E-state index in [0.717, 1.165) is 18.4 Å². The summed E-state index contributed by atoms with van der Waals surface area (Å²) in [5.74, 6) is 0.0557. The van der Waals surface area contributed by atoms with Gasteiger partial charge in [0.2, 0.25) is 0 Å². The summed E-state index contributed by atoms with van der Waals surface area (Å²) in [5, 5.41) is 19.1. The first kappa shape index (κ1) is 17.9. The van der Waals surface area contributed by atoms with Crippen molar-refractivity contribution < 1.29 is 10.2 Å². The molecule has 0 saturated carbocycles. The Hall–Kier alpha value is -1.18. The predicted molar refractivity (Wildman–Crippen MR) is 89.9 cm³/mol. The second kappa shape index (κ2) is 11.5. The molecule has 0 saturated heterocycles. The average molecular weight is 292 g/mol. The Morgan fingerprint density at radius 2 is 1.24 bits per heavy atom. The van der Waals surface area contributed by atoms with Crippen LogP contribution in [0.5, 0.6) is 11.5 Å². The smallest absolute Gasteiger partial charge is 0.160 e. The van der Waals surface area contributed by atoms with Crippen LogP contribution in [0.2, 0.25) is 0 Å². The number of hydrogen-bond donors (Lipinski definition) is 2. The van der Waals surface area contributed by atoms with Gasteiger partial charge in [0, 0.05) is 0 Å². The van der Waals surface area contributed by atoms with Gasteiger partial charge in [-0.2, -0.15) is 0 Å². The van der Waals surface area contributed by atoms with Crippen molar-refractivity contribution in [3.8, 4) is 11.5 Å². The topological polar surface area (TPSA) is 40.5 Å². The van der Waals surface area contributed by atoms with Crippen molar-refractivity contribution in [1.29, 1.82) is 0 Å². The van der Waals surface area contributed by atoms with Crippen molar-refractivity contribution in [1.82, 2.24) is 0 Å². The summed E-state index contributed by atoms with van der Waals surface area (Å²) in [6.07, 6.45) is 15.5. The van der Waals surface area contributed by atoms with Gasteiger partial charge in [0.15, 0.2) is 11.5 Å². The molecule has 1 rings (SSSR count). The van der Waals surface area contributed by atoms with Gasteiger partial charge in [-0.3, -0.25) is 0 Å². The van der Waals surface area contributed by atoms with Crippen molar-refractivity contribution in [2.45, 2.75) is 84.0 Å². The zero-order valence-electron chi connectivity index (χ0n) is 13.6. The summed E-state index contributed by atoms with van der Waals surface area (Å²) in [6.45, 7) is 2.26. The van der Waals surface area contributed by atoms with E-state index in [1.165, 1.54) is 70.3 Å². The van der Waals surface area contributed by atoms with Crippen molar-refractivity contribution >= 4 is 0 Å². The maximum Gasteiger partial charge on any atom is 0.160 e. The van der Waals surface area contributed by atoms with Crippen LogP contribution in [-0.2, 0) is 6.42 Å². The third-order valence-electron chi connectivity index (χ3n) is 4.15. The molecule has 21 heavy (non-hydrogen) atoms. The fourth-order valence-corrected chi connectivity index (χ4v) is 2.76. The molecule has 0 spiro atoms. The highest BCUT2D eigenvalue weighted by atomic mass is 16.3. The van der Waals surface area contributed by atoms with Gasteiger partial charge in [0.1, 0.15) is 0 Å². The molecule has 0 aliphatic heterocycles. The van der Waals surface area contributed by atoms with Crippen LogP contribution in [0.15, 0.2) is 18.2 Å². The zero-order chi connectivity index (χ0) is 15.3. The second-order valence-electron chi connectivity index (χ2n) is 6.07. The van der Waals surface area contributed by atoms with Gasteiger partial charge < -0.3 is 10.2 Å². The van der Waals surface area contributed by atoms with E-state index < -0.39 is 0 Å². The van der Waals surface area contributed by atoms with Crippen molar-refractivity contribution in [3.05, 3.63) is 23.8 Å². The van der Waals surface area contributed by atoms with E-state index in [9.17, 15) is 10.2 Å². The van der Waals surface area contributed by atoms with Gasteiger partial charge >= 0.3 is 0 Å². The quantitative estimate of drug-likeness (QED) is 0.369. The maximum absolute atomic E-state index is 9.71. The Labute approximate surface area is 130 Å². The van der Waals surface area contributed by atoms with Crippen LogP contribution in [0.4, 0.5) is 0 Å². The molecule has 1 aromatic carbocycles. The van der Waals surface area contributed by atoms with Gasteiger partial charge in [-0.15, -0.1) is 0 Å². The van der Waals surface area contributed by atoms with Crippen LogP contribution >= 0.6 is 0 Å². The van der Waals surface area contributed by atoms with Crippen LogP contribution in [0.25, 0.3) is 0 Å². The van der Waals surface area contributed by atoms with E-state index >= 15 is 0 Å². The predicted octanol–water partition coefficient (Wildman–Crippen LogP) is 5.95. The lowest BCUT2D eigenvalue weighted by molar-refractivity contribution is 0.398. The summed E-state index contributed by atoms with van der Waals surface area (Å²) in [7, 11) is 0. The monoisotopic (exact) mass is 292 g/mol. The van der Waals surface area contributed by atoms with Gasteiger partial charge in [0.25, 0.3) is 0 Å². The molecule has 0 heterocycles. The number of unbranched alkanes of at least 4 members (excludes halogenated alkanes) is 10. The molecular formula is C19H32O2. The van der Waals surface area contributed by atoms with Crippen molar-refractivity contribution in [2.75, 3.05) is 0 Å². The van der Waals surface area contributed by atoms with Gasteiger partial charge in [0.05, 0.1) is 0 Å². The fraction of sp³-hybridized carbons (Fsp3) is 0.684. The first-order chi connectivity index (χ1) is 10.3. The lowest BCUT2D eigenvalue weighted by Gasteiger charge is -2.06. The highest BCUT2D eigenvalue weighted by Crippen LogP contribution is 2.29. The standard InChI is InChI=1S/C19H32O2/c1-2-3-4-5-6-7-8-9-10-11-12-14-17-15-13-16-18(20)19(17)21/h13,15-16,20-21H,2-12,14H2,1H3. The van der Waals surface area contributed by atoms with Crippen LogP contribution in [-0.4, -0.2) is 10.2 Å². The molecular weight excluding hydrogens is 260 g/mol. The largest absolute Gasteiger partial charge is 0.504 e. The third-order valence-corrected chi connectivity index (χ3v) is 4.15. The van der Waals surface area contributed by atoms with E-state index in [1.807, 2.05) is 6.07 Å². The summed E-state index contributed by atoms with van der Waals surface area (Å²) >= 11 is 0. The highest BCUT2D eigenvalue weighted by Gasteiger charge is 2.04. The van der Waals surface area contributed by atoms with E-state index in [0.29, 0.717) is 0 Å². The molecule has 2 nitrogen and oxygen atoms in total. The zero-order valence-corrected chi connectivity index (χ0v) is 13.6. The van der Waals surface area contributed by atoms with Gasteiger partial charge in [-0.1, -0.05) is 83.3 Å². The molecule has 0 aliphatic carbocycles. The minimum absolute atomic E-state index is 0.00410. The molecule has 0 radical (unpaired) electrons. The number of phenolic OH excluding ortho intramolecular Hbond substituents is 2.